The van der Waals surface area contributed by atoms with E-state index in [9.17, 15) is 4.79 Å². The smallest absolute Gasteiger partial charge is 0.262 e. The summed E-state index contributed by atoms with van der Waals surface area (Å²) in [6.07, 6.45) is 0.704. The van der Waals surface area contributed by atoms with Crippen LogP contribution in [0.15, 0.2) is 77.6 Å². The molecule has 0 radical (unpaired) electrons. The van der Waals surface area contributed by atoms with Crippen LogP contribution in [0.4, 0.5) is 0 Å². The number of hydrogen-bond acceptors (Lipinski definition) is 4. The predicted octanol–water partition coefficient (Wildman–Crippen LogP) is 4.89. The largest absolute Gasteiger partial charge is 0.485 e. The Morgan fingerprint density at radius 3 is 2.56 bits per heavy atom. The number of rotatable bonds is 6. The van der Waals surface area contributed by atoms with Gasteiger partial charge in [0.25, 0.3) is 5.56 Å². The van der Waals surface area contributed by atoms with Gasteiger partial charge in [-0.15, -0.1) is 10.2 Å². The Bertz CT molecular complexity index is 1470. The summed E-state index contributed by atoms with van der Waals surface area (Å²) in [5, 5.41) is 9.92. The lowest BCUT2D eigenvalue weighted by molar-refractivity contribution is 0.292. The minimum absolute atomic E-state index is 0.0710. The molecule has 0 aliphatic heterocycles. The Labute approximate surface area is 189 Å². The fourth-order valence-electron chi connectivity index (χ4n) is 3.98. The van der Waals surface area contributed by atoms with Gasteiger partial charge in [-0.1, -0.05) is 54.1 Å². The molecule has 0 unspecified atom stereocenters. The van der Waals surface area contributed by atoms with Crippen LogP contribution in [0.2, 0.25) is 5.02 Å². The molecule has 7 heteroatoms. The average molecular weight is 445 g/mol. The molecular formula is C25H21ClN4O2. The van der Waals surface area contributed by atoms with E-state index in [1.54, 1.807) is 4.57 Å². The molecule has 0 aliphatic carbocycles. The lowest BCUT2D eigenvalue weighted by Gasteiger charge is -2.13. The number of fused-ring (bicyclic) bond motifs is 3. The van der Waals surface area contributed by atoms with Gasteiger partial charge in [0.2, 0.25) is 5.78 Å². The maximum atomic E-state index is 12.9. The summed E-state index contributed by atoms with van der Waals surface area (Å²) in [6, 6.07) is 23.3. The van der Waals surface area contributed by atoms with Crippen molar-refractivity contribution >= 4 is 28.3 Å². The Kier molecular flexibility index (Phi) is 5.37. The van der Waals surface area contributed by atoms with E-state index in [1.807, 2.05) is 72.0 Å². The molecule has 5 rings (SSSR count). The SMILES string of the molecule is CCn1c(=O)c2ccccc2n2c(COc3ccc(Cl)cc3Cc3ccccc3)nnc12. The fraction of sp³-hybridized carbons (Fsp3) is 0.160. The third-order valence-electron chi connectivity index (χ3n) is 5.51. The first-order valence-electron chi connectivity index (χ1n) is 10.5. The highest BCUT2D eigenvalue weighted by molar-refractivity contribution is 6.30. The zero-order chi connectivity index (χ0) is 22.1. The van der Waals surface area contributed by atoms with Crippen LogP contribution in [-0.2, 0) is 19.6 Å². The molecule has 0 amide bonds. The molecule has 2 heterocycles. The molecule has 0 saturated heterocycles. The second kappa shape index (κ2) is 8.48. The molecule has 160 valence electrons. The van der Waals surface area contributed by atoms with E-state index < -0.39 is 0 Å². The molecule has 32 heavy (non-hydrogen) atoms. The minimum atomic E-state index is -0.0710. The molecule has 0 spiro atoms. The summed E-state index contributed by atoms with van der Waals surface area (Å²) < 4.78 is 9.72. The minimum Gasteiger partial charge on any atom is -0.485 e. The standard InChI is InChI=1S/C25H21ClN4O2/c1-2-29-24(31)20-10-6-7-11-21(20)30-23(27-28-25(29)30)16-32-22-13-12-19(26)15-18(22)14-17-8-4-3-5-9-17/h3-13,15H,2,14,16H2,1H3. The number of aromatic nitrogens is 4. The van der Waals surface area contributed by atoms with Crippen LogP contribution in [0.1, 0.15) is 23.9 Å². The van der Waals surface area contributed by atoms with Crippen LogP contribution in [0.5, 0.6) is 5.75 Å². The van der Waals surface area contributed by atoms with E-state index in [-0.39, 0.29) is 12.2 Å². The Hall–Kier alpha value is -3.64. The van der Waals surface area contributed by atoms with Crippen LogP contribution < -0.4 is 10.3 Å². The van der Waals surface area contributed by atoms with Crippen molar-refractivity contribution in [1.82, 2.24) is 19.2 Å². The van der Waals surface area contributed by atoms with Crippen molar-refractivity contribution in [2.45, 2.75) is 26.5 Å². The number of hydrogen-bond donors (Lipinski definition) is 0. The Balaban J connectivity index is 1.53. The summed E-state index contributed by atoms with van der Waals surface area (Å²) in [7, 11) is 0. The zero-order valence-corrected chi connectivity index (χ0v) is 18.3. The van der Waals surface area contributed by atoms with Crippen LogP contribution in [0, 0.1) is 0 Å². The van der Waals surface area contributed by atoms with Gasteiger partial charge in [0.15, 0.2) is 5.82 Å². The second-order valence-electron chi connectivity index (χ2n) is 7.52. The van der Waals surface area contributed by atoms with Crippen molar-refractivity contribution in [2.24, 2.45) is 0 Å². The maximum absolute atomic E-state index is 12.9. The molecule has 0 bridgehead atoms. The van der Waals surface area contributed by atoms with Crippen LogP contribution in [-0.4, -0.2) is 19.2 Å². The van der Waals surface area contributed by atoms with Gasteiger partial charge >= 0.3 is 0 Å². The van der Waals surface area contributed by atoms with Gasteiger partial charge < -0.3 is 4.74 Å². The molecule has 0 N–H and O–H groups in total. The molecular weight excluding hydrogens is 424 g/mol. The lowest BCUT2D eigenvalue weighted by atomic mass is 10.0. The summed E-state index contributed by atoms with van der Waals surface area (Å²) in [5.74, 6) is 1.87. The first-order valence-corrected chi connectivity index (χ1v) is 10.8. The van der Waals surface area contributed by atoms with Crippen molar-refractivity contribution in [3.05, 3.63) is 105 Å². The first kappa shape index (κ1) is 20.3. The number of nitrogens with zero attached hydrogens (tertiary/aromatic N) is 4. The number of ether oxygens (including phenoxy) is 1. The van der Waals surface area contributed by atoms with E-state index in [2.05, 4.69) is 22.3 Å². The highest BCUT2D eigenvalue weighted by atomic mass is 35.5. The third kappa shape index (κ3) is 3.63. The zero-order valence-electron chi connectivity index (χ0n) is 17.5. The van der Waals surface area contributed by atoms with Crippen LogP contribution >= 0.6 is 11.6 Å². The monoisotopic (exact) mass is 444 g/mol. The van der Waals surface area contributed by atoms with Gasteiger partial charge in [-0.25, -0.2) is 0 Å². The van der Waals surface area contributed by atoms with Gasteiger partial charge in [-0.2, -0.15) is 0 Å². The number of para-hydroxylation sites is 1. The Morgan fingerprint density at radius 1 is 0.969 bits per heavy atom. The van der Waals surface area contributed by atoms with E-state index >= 15 is 0 Å². The Morgan fingerprint density at radius 2 is 1.75 bits per heavy atom. The van der Waals surface area contributed by atoms with Crippen molar-refractivity contribution in [1.29, 1.82) is 0 Å². The predicted molar refractivity (Wildman–Crippen MR) is 125 cm³/mol. The molecule has 0 aliphatic rings. The van der Waals surface area contributed by atoms with E-state index in [0.29, 0.717) is 35.0 Å². The summed E-state index contributed by atoms with van der Waals surface area (Å²) in [6.45, 7) is 2.63. The van der Waals surface area contributed by atoms with Gasteiger partial charge in [0.05, 0.1) is 10.9 Å². The molecule has 3 aromatic carbocycles. The second-order valence-corrected chi connectivity index (χ2v) is 7.96. The van der Waals surface area contributed by atoms with Gasteiger partial charge in [0.1, 0.15) is 12.4 Å². The quantitative estimate of drug-likeness (QED) is 0.374. The maximum Gasteiger partial charge on any atom is 0.262 e. The molecule has 0 fully saturated rings. The van der Waals surface area contributed by atoms with Crippen molar-refractivity contribution in [3.63, 3.8) is 0 Å². The molecule has 0 atom stereocenters. The molecule has 0 saturated carbocycles. The van der Waals surface area contributed by atoms with Crippen molar-refractivity contribution in [3.8, 4) is 5.75 Å². The number of halogens is 1. The topological polar surface area (TPSA) is 61.4 Å². The van der Waals surface area contributed by atoms with E-state index in [0.717, 1.165) is 16.8 Å². The molecule has 2 aromatic heterocycles. The van der Waals surface area contributed by atoms with Crippen molar-refractivity contribution < 1.29 is 4.74 Å². The highest BCUT2D eigenvalue weighted by Crippen LogP contribution is 2.26. The fourth-order valence-corrected chi connectivity index (χ4v) is 4.17. The number of benzene rings is 3. The number of aryl methyl sites for hydroxylation is 1. The van der Waals surface area contributed by atoms with Crippen LogP contribution in [0.3, 0.4) is 0 Å². The van der Waals surface area contributed by atoms with Gasteiger partial charge in [0, 0.05) is 18.0 Å². The average Bonchev–Trinajstić information content (AvgIpc) is 3.23. The lowest BCUT2D eigenvalue weighted by Crippen LogP contribution is -2.22. The van der Waals surface area contributed by atoms with E-state index in [4.69, 9.17) is 16.3 Å². The van der Waals surface area contributed by atoms with Crippen molar-refractivity contribution in [2.75, 3.05) is 0 Å². The third-order valence-corrected chi connectivity index (χ3v) is 5.74. The van der Waals surface area contributed by atoms with E-state index in [1.165, 1.54) is 5.56 Å². The summed E-state index contributed by atoms with van der Waals surface area (Å²) in [5.41, 5.74) is 2.86. The molecule has 6 nitrogen and oxygen atoms in total. The van der Waals surface area contributed by atoms with Gasteiger partial charge in [-0.3, -0.25) is 13.8 Å². The summed E-state index contributed by atoms with van der Waals surface area (Å²) in [4.78, 5) is 12.9. The normalized spacial score (nSPS) is 11.3. The first-order chi connectivity index (χ1) is 15.7. The summed E-state index contributed by atoms with van der Waals surface area (Å²) >= 11 is 6.26. The molecule has 5 aromatic rings. The van der Waals surface area contributed by atoms with Gasteiger partial charge in [-0.05, 0) is 48.4 Å². The highest BCUT2D eigenvalue weighted by Gasteiger charge is 2.16. The van der Waals surface area contributed by atoms with Crippen LogP contribution in [0.25, 0.3) is 16.7 Å².